The van der Waals surface area contributed by atoms with Crippen molar-refractivity contribution in [2.24, 2.45) is 0 Å². The van der Waals surface area contributed by atoms with Gasteiger partial charge in [0.25, 0.3) is 0 Å². The Labute approximate surface area is 77.2 Å². The Bertz CT molecular complexity index is 345. The molecule has 0 saturated heterocycles. The van der Waals surface area contributed by atoms with Crippen LogP contribution in [0.5, 0.6) is 17.2 Å². The molecule has 0 N–H and O–H groups in total. The molecule has 1 aromatic carbocycles. The number of aryl methyl sites for hydroxylation is 1. The summed E-state index contributed by atoms with van der Waals surface area (Å²) in [5.74, 6) is 2.29. The molecule has 13 heavy (non-hydrogen) atoms. The Hall–Kier alpha value is -1.38. The highest BCUT2D eigenvalue weighted by molar-refractivity contribution is 5.59. The minimum absolute atomic E-state index is 0.286. The fourth-order valence-electron chi connectivity index (χ4n) is 1.47. The molecule has 0 amide bonds. The molecule has 2 rings (SSSR count). The SMILES string of the molecule is COc1c(C)c(C)cc2c1OCO2. The van der Waals surface area contributed by atoms with E-state index in [0.717, 1.165) is 28.4 Å². The van der Waals surface area contributed by atoms with Gasteiger partial charge in [-0.15, -0.1) is 0 Å². The average Bonchev–Trinajstić information content (AvgIpc) is 2.54. The van der Waals surface area contributed by atoms with E-state index in [0.29, 0.717) is 0 Å². The molecule has 0 atom stereocenters. The van der Waals surface area contributed by atoms with E-state index in [-0.39, 0.29) is 6.79 Å². The van der Waals surface area contributed by atoms with E-state index in [2.05, 4.69) is 0 Å². The zero-order valence-electron chi connectivity index (χ0n) is 8.01. The van der Waals surface area contributed by atoms with Crippen LogP contribution < -0.4 is 14.2 Å². The molecule has 70 valence electrons. The lowest BCUT2D eigenvalue weighted by atomic mass is 10.1. The first-order valence-electron chi connectivity index (χ1n) is 4.18. The van der Waals surface area contributed by atoms with Crippen LogP contribution in [0.25, 0.3) is 0 Å². The molecule has 0 radical (unpaired) electrons. The third kappa shape index (κ3) is 1.11. The predicted molar refractivity (Wildman–Crippen MR) is 48.6 cm³/mol. The lowest BCUT2D eigenvalue weighted by Crippen LogP contribution is -1.94. The Morgan fingerprint density at radius 1 is 1.31 bits per heavy atom. The highest BCUT2D eigenvalue weighted by Gasteiger charge is 2.21. The van der Waals surface area contributed by atoms with Gasteiger partial charge in [-0.25, -0.2) is 0 Å². The number of hydrogen-bond acceptors (Lipinski definition) is 3. The minimum Gasteiger partial charge on any atom is -0.492 e. The molecule has 1 aliphatic rings. The van der Waals surface area contributed by atoms with Crippen molar-refractivity contribution < 1.29 is 14.2 Å². The van der Waals surface area contributed by atoms with Crippen LogP contribution in [-0.2, 0) is 0 Å². The van der Waals surface area contributed by atoms with E-state index in [1.807, 2.05) is 19.9 Å². The van der Waals surface area contributed by atoms with E-state index in [9.17, 15) is 0 Å². The van der Waals surface area contributed by atoms with Crippen molar-refractivity contribution in [2.75, 3.05) is 13.9 Å². The molecule has 1 aromatic rings. The number of methoxy groups -OCH3 is 1. The third-order valence-corrected chi connectivity index (χ3v) is 2.33. The minimum atomic E-state index is 0.286. The number of hydrogen-bond donors (Lipinski definition) is 0. The monoisotopic (exact) mass is 180 g/mol. The molecule has 0 aliphatic carbocycles. The molecule has 0 saturated carbocycles. The second-order valence-corrected chi connectivity index (χ2v) is 3.09. The highest BCUT2D eigenvalue weighted by Crippen LogP contribution is 2.44. The molecule has 0 unspecified atom stereocenters. The first-order valence-corrected chi connectivity index (χ1v) is 4.18. The van der Waals surface area contributed by atoms with E-state index in [1.54, 1.807) is 7.11 Å². The molecule has 1 heterocycles. The van der Waals surface area contributed by atoms with E-state index < -0.39 is 0 Å². The number of fused-ring (bicyclic) bond motifs is 1. The highest BCUT2D eigenvalue weighted by atomic mass is 16.7. The fraction of sp³-hybridized carbons (Fsp3) is 0.400. The molecule has 0 spiro atoms. The summed E-state index contributed by atoms with van der Waals surface area (Å²) in [6.07, 6.45) is 0. The number of rotatable bonds is 1. The first kappa shape index (κ1) is 8.23. The maximum Gasteiger partial charge on any atom is 0.231 e. The summed E-state index contributed by atoms with van der Waals surface area (Å²) in [6, 6.07) is 1.97. The van der Waals surface area contributed by atoms with Gasteiger partial charge in [-0.1, -0.05) is 0 Å². The van der Waals surface area contributed by atoms with Gasteiger partial charge in [0.05, 0.1) is 7.11 Å². The van der Waals surface area contributed by atoms with Crippen LogP contribution in [-0.4, -0.2) is 13.9 Å². The molecule has 0 bridgehead atoms. The number of ether oxygens (including phenoxy) is 3. The quantitative estimate of drug-likeness (QED) is 0.662. The van der Waals surface area contributed by atoms with Gasteiger partial charge < -0.3 is 14.2 Å². The van der Waals surface area contributed by atoms with E-state index >= 15 is 0 Å². The van der Waals surface area contributed by atoms with Gasteiger partial charge in [0.2, 0.25) is 12.5 Å². The largest absolute Gasteiger partial charge is 0.492 e. The molecule has 0 fully saturated rings. The van der Waals surface area contributed by atoms with Crippen LogP contribution in [0.15, 0.2) is 6.07 Å². The topological polar surface area (TPSA) is 27.7 Å². The Morgan fingerprint density at radius 3 is 2.77 bits per heavy atom. The summed E-state index contributed by atoms with van der Waals surface area (Å²) in [5, 5.41) is 0. The van der Waals surface area contributed by atoms with Crippen molar-refractivity contribution in [3.05, 3.63) is 17.2 Å². The van der Waals surface area contributed by atoms with Gasteiger partial charge in [0, 0.05) is 0 Å². The summed E-state index contributed by atoms with van der Waals surface area (Å²) < 4.78 is 15.8. The van der Waals surface area contributed by atoms with E-state index in [4.69, 9.17) is 14.2 Å². The molecular formula is C10H12O3. The molecule has 0 aromatic heterocycles. The lowest BCUT2D eigenvalue weighted by Gasteiger charge is -2.10. The van der Waals surface area contributed by atoms with Crippen LogP contribution in [0.4, 0.5) is 0 Å². The van der Waals surface area contributed by atoms with Crippen molar-refractivity contribution in [2.45, 2.75) is 13.8 Å². The Kier molecular flexibility index (Phi) is 1.79. The number of benzene rings is 1. The molecule has 1 aliphatic heterocycles. The maximum absolute atomic E-state index is 5.31. The summed E-state index contributed by atoms with van der Waals surface area (Å²) in [7, 11) is 1.64. The third-order valence-electron chi connectivity index (χ3n) is 2.33. The maximum atomic E-state index is 5.31. The fourth-order valence-corrected chi connectivity index (χ4v) is 1.47. The Balaban J connectivity index is 2.64. The van der Waals surface area contributed by atoms with Crippen LogP contribution in [0.2, 0.25) is 0 Å². The van der Waals surface area contributed by atoms with Gasteiger partial charge in [-0.2, -0.15) is 0 Å². The molecular weight excluding hydrogens is 168 g/mol. The van der Waals surface area contributed by atoms with Crippen molar-refractivity contribution in [3.8, 4) is 17.2 Å². The Morgan fingerprint density at radius 2 is 2.08 bits per heavy atom. The van der Waals surface area contributed by atoms with Crippen LogP contribution in [0.1, 0.15) is 11.1 Å². The van der Waals surface area contributed by atoms with Crippen molar-refractivity contribution in [1.82, 2.24) is 0 Å². The van der Waals surface area contributed by atoms with Crippen LogP contribution in [0.3, 0.4) is 0 Å². The zero-order chi connectivity index (χ0) is 9.42. The van der Waals surface area contributed by atoms with Gasteiger partial charge >= 0.3 is 0 Å². The van der Waals surface area contributed by atoms with Gasteiger partial charge in [0.1, 0.15) is 0 Å². The van der Waals surface area contributed by atoms with Crippen molar-refractivity contribution in [1.29, 1.82) is 0 Å². The summed E-state index contributed by atoms with van der Waals surface area (Å²) in [5.41, 5.74) is 2.26. The van der Waals surface area contributed by atoms with Crippen LogP contribution >= 0.6 is 0 Å². The lowest BCUT2D eigenvalue weighted by molar-refractivity contribution is 0.171. The second kappa shape index (κ2) is 2.83. The predicted octanol–water partition coefficient (Wildman–Crippen LogP) is 2.04. The molecule has 3 heteroatoms. The van der Waals surface area contributed by atoms with Crippen LogP contribution in [0, 0.1) is 13.8 Å². The van der Waals surface area contributed by atoms with Gasteiger partial charge in [-0.05, 0) is 31.0 Å². The summed E-state index contributed by atoms with van der Waals surface area (Å²) in [6.45, 7) is 4.32. The summed E-state index contributed by atoms with van der Waals surface area (Å²) >= 11 is 0. The average molecular weight is 180 g/mol. The normalized spacial score (nSPS) is 13.2. The first-order chi connectivity index (χ1) is 6.24. The van der Waals surface area contributed by atoms with Crippen molar-refractivity contribution >= 4 is 0 Å². The van der Waals surface area contributed by atoms with Gasteiger partial charge in [-0.3, -0.25) is 0 Å². The second-order valence-electron chi connectivity index (χ2n) is 3.09. The van der Waals surface area contributed by atoms with E-state index in [1.165, 1.54) is 0 Å². The molecule has 3 nitrogen and oxygen atoms in total. The standard InChI is InChI=1S/C10H12O3/c1-6-4-8-10(13-5-12-8)9(11-3)7(6)2/h4H,5H2,1-3H3. The zero-order valence-corrected chi connectivity index (χ0v) is 8.01. The van der Waals surface area contributed by atoms with Gasteiger partial charge in [0.15, 0.2) is 11.5 Å². The smallest absolute Gasteiger partial charge is 0.231 e. The van der Waals surface area contributed by atoms with Crippen molar-refractivity contribution in [3.63, 3.8) is 0 Å². The summed E-state index contributed by atoms with van der Waals surface area (Å²) in [4.78, 5) is 0.